The standard InChI is InChI=1S/C26H29N3O4/c1-17(2)16-29-25(30)20-8-4-3-7-19(20)24(27-29)26(31)28-12-5-9-21(28)18-10-11-22-23(15-18)33-14-6-13-32-22/h3-4,7-8,10-11,15,17,21H,5-6,9,12-14,16H2,1-2H3/t21-/m0/s1. The van der Waals surface area contributed by atoms with Crippen LogP contribution in [-0.4, -0.2) is 40.3 Å². The van der Waals surface area contributed by atoms with Gasteiger partial charge in [0.25, 0.3) is 11.5 Å². The molecule has 2 aliphatic rings. The highest BCUT2D eigenvalue weighted by Crippen LogP contribution is 2.38. The molecule has 7 nitrogen and oxygen atoms in total. The van der Waals surface area contributed by atoms with Crippen molar-refractivity contribution in [2.45, 2.75) is 45.7 Å². The third-order valence-electron chi connectivity index (χ3n) is 6.28. The fourth-order valence-corrected chi connectivity index (χ4v) is 4.74. The molecule has 3 heterocycles. The van der Waals surface area contributed by atoms with Crippen molar-refractivity contribution in [3.63, 3.8) is 0 Å². The van der Waals surface area contributed by atoms with Gasteiger partial charge in [-0.25, -0.2) is 4.68 Å². The smallest absolute Gasteiger partial charge is 0.275 e. The van der Waals surface area contributed by atoms with Gasteiger partial charge in [0.2, 0.25) is 0 Å². The van der Waals surface area contributed by atoms with Crippen LogP contribution in [0.1, 0.15) is 55.2 Å². The summed E-state index contributed by atoms with van der Waals surface area (Å²) in [4.78, 5) is 28.7. The third kappa shape index (κ3) is 4.08. The van der Waals surface area contributed by atoms with Crippen LogP contribution in [0.2, 0.25) is 0 Å². The van der Waals surface area contributed by atoms with Crippen molar-refractivity contribution in [3.05, 3.63) is 64.1 Å². The Balaban J connectivity index is 1.53. The van der Waals surface area contributed by atoms with Gasteiger partial charge < -0.3 is 14.4 Å². The SMILES string of the molecule is CC(C)Cn1nc(C(=O)N2CCC[C@H]2c2ccc3c(c2)OCCCO3)c2ccccc2c1=O. The molecule has 5 rings (SSSR count). The minimum Gasteiger partial charge on any atom is -0.490 e. The highest BCUT2D eigenvalue weighted by atomic mass is 16.5. The largest absolute Gasteiger partial charge is 0.490 e. The lowest BCUT2D eigenvalue weighted by Crippen LogP contribution is -2.34. The number of amides is 1. The average Bonchev–Trinajstić information content (AvgIpc) is 3.19. The molecule has 33 heavy (non-hydrogen) atoms. The van der Waals surface area contributed by atoms with Crippen LogP contribution in [0, 0.1) is 5.92 Å². The van der Waals surface area contributed by atoms with Crippen LogP contribution >= 0.6 is 0 Å². The van der Waals surface area contributed by atoms with Crippen molar-refractivity contribution in [1.29, 1.82) is 0 Å². The van der Waals surface area contributed by atoms with Gasteiger partial charge in [0.15, 0.2) is 17.2 Å². The van der Waals surface area contributed by atoms with Crippen LogP contribution in [0.5, 0.6) is 11.5 Å². The van der Waals surface area contributed by atoms with E-state index in [4.69, 9.17) is 9.47 Å². The molecule has 2 aliphatic heterocycles. The molecule has 1 amide bonds. The molecule has 0 saturated carbocycles. The number of hydrogen-bond donors (Lipinski definition) is 0. The molecule has 1 aromatic heterocycles. The van der Waals surface area contributed by atoms with Crippen molar-refractivity contribution in [2.75, 3.05) is 19.8 Å². The summed E-state index contributed by atoms with van der Waals surface area (Å²) < 4.78 is 13.1. The predicted molar refractivity (Wildman–Crippen MR) is 126 cm³/mol. The zero-order valence-electron chi connectivity index (χ0n) is 19.1. The number of fused-ring (bicyclic) bond motifs is 2. The van der Waals surface area contributed by atoms with E-state index in [1.54, 1.807) is 6.07 Å². The second kappa shape index (κ2) is 8.89. The molecule has 0 aliphatic carbocycles. The lowest BCUT2D eigenvalue weighted by molar-refractivity contribution is 0.0728. The molecule has 2 aromatic carbocycles. The number of carbonyl (C=O) groups excluding carboxylic acids is 1. The zero-order chi connectivity index (χ0) is 22.9. The van der Waals surface area contributed by atoms with Crippen molar-refractivity contribution in [2.24, 2.45) is 5.92 Å². The second-order valence-corrected chi connectivity index (χ2v) is 9.19. The number of aromatic nitrogens is 2. The Hall–Kier alpha value is -3.35. The lowest BCUT2D eigenvalue weighted by Gasteiger charge is -2.26. The van der Waals surface area contributed by atoms with Crippen LogP contribution in [0.25, 0.3) is 10.8 Å². The monoisotopic (exact) mass is 447 g/mol. The van der Waals surface area contributed by atoms with Crippen molar-refractivity contribution < 1.29 is 14.3 Å². The first-order valence-corrected chi connectivity index (χ1v) is 11.7. The van der Waals surface area contributed by atoms with Crippen molar-refractivity contribution in [1.82, 2.24) is 14.7 Å². The first kappa shape index (κ1) is 21.5. The molecule has 0 bridgehead atoms. The number of benzene rings is 2. The van der Waals surface area contributed by atoms with Crippen molar-refractivity contribution >= 4 is 16.7 Å². The molecule has 1 saturated heterocycles. The van der Waals surface area contributed by atoms with E-state index < -0.39 is 0 Å². The fourth-order valence-electron chi connectivity index (χ4n) is 4.74. The number of rotatable bonds is 4. The number of carbonyl (C=O) groups is 1. The maximum absolute atomic E-state index is 13.8. The van der Waals surface area contributed by atoms with Gasteiger partial charge in [-0.05, 0) is 42.5 Å². The van der Waals surface area contributed by atoms with Gasteiger partial charge in [0.1, 0.15) is 0 Å². The summed E-state index contributed by atoms with van der Waals surface area (Å²) >= 11 is 0. The Bertz CT molecular complexity index is 1250. The maximum atomic E-state index is 13.8. The maximum Gasteiger partial charge on any atom is 0.275 e. The highest BCUT2D eigenvalue weighted by molar-refractivity contribution is 6.05. The van der Waals surface area contributed by atoms with E-state index in [2.05, 4.69) is 5.10 Å². The van der Waals surface area contributed by atoms with Crippen molar-refractivity contribution in [3.8, 4) is 11.5 Å². The normalized spacial score (nSPS) is 18.0. The summed E-state index contributed by atoms with van der Waals surface area (Å²) in [6.07, 6.45) is 2.63. The summed E-state index contributed by atoms with van der Waals surface area (Å²) in [6.45, 7) is 6.45. The van der Waals surface area contributed by atoms with Gasteiger partial charge in [-0.15, -0.1) is 0 Å². The summed E-state index contributed by atoms with van der Waals surface area (Å²) in [5.41, 5.74) is 1.22. The van der Waals surface area contributed by atoms with E-state index in [0.29, 0.717) is 42.8 Å². The van der Waals surface area contributed by atoms with E-state index in [1.807, 2.05) is 55.1 Å². The Morgan fingerprint density at radius 1 is 1.06 bits per heavy atom. The Morgan fingerprint density at radius 2 is 1.82 bits per heavy atom. The zero-order valence-corrected chi connectivity index (χ0v) is 19.1. The summed E-state index contributed by atoms with van der Waals surface area (Å²) in [5.74, 6) is 1.58. The van der Waals surface area contributed by atoms with Crippen LogP contribution in [0.4, 0.5) is 0 Å². The molecule has 0 unspecified atom stereocenters. The molecular formula is C26H29N3O4. The van der Waals surface area contributed by atoms with Gasteiger partial charge in [-0.2, -0.15) is 5.10 Å². The first-order chi connectivity index (χ1) is 16.0. The summed E-state index contributed by atoms with van der Waals surface area (Å²) in [5, 5.41) is 5.70. The van der Waals surface area contributed by atoms with Crippen LogP contribution in [-0.2, 0) is 6.54 Å². The summed E-state index contributed by atoms with van der Waals surface area (Å²) in [7, 11) is 0. The summed E-state index contributed by atoms with van der Waals surface area (Å²) in [6, 6.07) is 13.2. The molecule has 7 heteroatoms. The van der Waals surface area contributed by atoms with Gasteiger partial charge in [-0.3, -0.25) is 9.59 Å². The molecule has 1 atom stereocenters. The first-order valence-electron chi connectivity index (χ1n) is 11.7. The van der Waals surface area contributed by atoms with Gasteiger partial charge in [0.05, 0.1) is 24.6 Å². The fraction of sp³-hybridized carbons (Fsp3) is 0.423. The lowest BCUT2D eigenvalue weighted by atomic mass is 10.0. The molecular weight excluding hydrogens is 418 g/mol. The average molecular weight is 448 g/mol. The molecule has 172 valence electrons. The van der Waals surface area contributed by atoms with Gasteiger partial charge >= 0.3 is 0 Å². The Morgan fingerprint density at radius 3 is 2.61 bits per heavy atom. The topological polar surface area (TPSA) is 73.7 Å². The molecule has 3 aromatic rings. The molecule has 0 N–H and O–H groups in total. The van der Waals surface area contributed by atoms with E-state index >= 15 is 0 Å². The number of nitrogens with zero attached hydrogens (tertiary/aromatic N) is 3. The number of likely N-dealkylation sites (tertiary alicyclic amines) is 1. The number of hydrogen-bond acceptors (Lipinski definition) is 5. The molecule has 1 fully saturated rings. The van der Waals surface area contributed by atoms with E-state index in [1.165, 1.54) is 4.68 Å². The molecule has 0 spiro atoms. The minimum atomic E-state index is -0.156. The Kier molecular flexibility index (Phi) is 5.79. The van der Waals surface area contributed by atoms with Crippen LogP contribution in [0.15, 0.2) is 47.3 Å². The predicted octanol–water partition coefficient (Wildman–Crippen LogP) is 4.19. The molecule has 0 radical (unpaired) electrons. The van der Waals surface area contributed by atoms with Crippen LogP contribution in [0.3, 0.4) is 0 Å². The number of ether oxygens (including phenoxy) is 2. The van der Waals surface area contributed by atoms with Gasteiger partial charge in [0, 0.05) is 24.9 Å². The van der Waals surface area contributed by atoms with E-state index in [0.717, 1.165) is 36.3 Å². The van der Waals surface area contributed by atoms with Crippen LogP contribution < -0.4 is 15.0 Å². The Labute approximate surface area is 192 Å². The highest BCUT2D eigenvalue weighted by Gasteiger charge is 2.33. The second-order valence-electron chi connectivity index (χ2n) is 9.19. The van der Waals surface area contributed by atoms with Gasteiger partial charge in [-0.1, -0.05) is 38.1 Å². The minimum absolute atomic E-state index is 0.0688. The van der Waals surface area contributed by atoms with E-state index in [-0.39, 0.29) is 23.4 Å². The quantitative estimate of drug-likeness (QED) is 0.600. The van der Waals surface area contributed by atoms with E-state index in [9.17, 15) is 9.59 Å². The third-order valence-corrected chi connectivity index (χ3v) is 6.28.